The van der Waals surface area contributed by atoms with Crippen molar-refractivity contribution in [2.45, 2.75) is 23.1 Å². The summed E-state index contributed by atoms with van der Waals surface area (Å²) in [4.78, 5) is 0.182. The van der Waals surface area contributed by atoms with E-state index in [-0.39, 0.29) is 10.6 Å². The minimum atomic E-state index is -3.33. The molecule has 0 spiro atoms. The third kappa shape index (κ3) is 1.98. The van der Waals surface area contributed by atoms with E-state index in [1.807, 2.05) is 0 Å². The largest absolute Gasteiger partial charge is 0.508 e. The predicted octanol–water partition coefficient (Wildman–Crippen LogP) is 0.875. The van der Waals surface area contributed by atoms with E-state index >= 15 is 0 Å². The van der Waals surface area contributed by atoms with Crippen LogP contribution in [0.5, 0.6) is 5.75 Å². The maximum Gasteiger partial charge on any atom is 0.194 e. The van der Waals surface area contributed by atoms with Crippen LogP contribution in [0.4, 0.5) is 0 Å². The summed E-state index contributed by atoms with van der Waals surface area (Å²) in [6.45, 7) is 0.739. The molecular weight excluding hydrogens is 214 g/mol. The molecule has 1 heterocycles. The molecule has 2 N–H and O–H groups in total. The Morgan fingerprint density at radius 1 is 1.40 bits per heavy atom. The first-order valence-corrected chi connectivity index (χ1v) is 6.41. The van der Waals surface area contributed by atoms with Gasteiger partial charge in [-0.15, -0.1) is 0 Å². The highest BCUT2D eigenvalue weighted by molar-refractivity contribution is 7.92. The van der Waals surface area contributed by atoms with Crippen molar-refractivity contribution in [2.75, 3.05) is 6.54 Å². The highest BCUT2D eigenvalue weighted by atomic mass is 32.2. The molecule has 2 rings (SSSR count). The number of hydrogen-bond donors (Lipinski definition) is 2. The molecular formula is C10H13NO3S. The summed E-state index contributed by atoms with van der Waals surface area (Å²) in [5, 5.41) is 11.7. The Morgan fingerprint density at radius 3 is 2.80 bits per heavy atom. The summed E-state index contributed by atoms with van der Waals surface area (Å²) in [6.07, 6.45) is 1.51. The molecule has 1 atom stereocenters. The highest BCUT2D eigenvalue weighted by Gasteiger charge is 2.29. The Kier molecular flexibility index (Phi) is 2.67. The lowest BCUT2D eigenvalue weighted by Crippen LogP contribution is -2.30. The monoisotopic (exact) mass is 227 g/mol. The summed E-state index contributed by atoms with van der Waals surface area (Å²) in [6, 6.07) is 5.79. The molecule has 1 saturated heterocycles. The van der Waals surface area contributed by atoms with Gasteiger partial charge in [-0.1, -0.05) is 6.07 Å². The molecule has 0 aliphatic carbocycles. The van der Waals surface area contributed by atoms with Crippen LogP contribution in [-0.4, -0.2) is 25.4 Å². The molecule has 0 saturated carbocycles. The van der Waals surface area contributed by atoms with E-state index in [9.17, 15) is 13.5 Å². The number of aromatic hydroxyl groups is 1. The van der Waals surface area contributed by atoms with Crippen molar-refractivity contribution in [3.8, 4) is 5.75 Å². The zero-order valence-electron chi connectivity index (χ0n) is 8.18. The van der Waals surface area contributed by atoms with E-state index < -0.39 is 15.2 Å². The van der Waals surface area contributed by atoms with Crippen molar-refractivity contribution < 1.29 is 13.5 Å². The maximum absolute atomic E-state index is 12.0. The fraction of sp³-hybridized carbons (Fsp3) is 0.400. The van der Waals surface area contributed by atoms with Crippen LogP contribution < -0.4 is 5.32 Å². The maximum atomic E-state index is 12.0. The molecule has 1 fully saturated rings. The minimum absolute atomic E-state index is 0.0194. The summed E-state index contributed by atoms with van der Waals surface area (Å²) in [5.41, 5.74) is 0. The molecule has 0 bridgehead atoms. The normalized spacial score (nSPS) is 21.7. The molecule has 4 nitrogen and oxygen atoms in total. The van der Waals surface area contributed by atoms with E-state index in [2.05, 4.69) is 5.32 Å². The SMILES string of the molecule is O=S(=O)(c1cccc(O)c1)C1CCCN1. The molecule has 0 radical (unpaired) electrons. The zero-order chi connectivity index (χ0) is 10.9. The van der Waals surface area contributed by atoms with Gasteiger partial charge in [-0.25, -0.2) is 8.42 Å². The van der Waals surface area contributed by atoms with Crippen LogP contribution in [0.3, 0.4) is 0 Å². The number of benzene rings is 1. The van der Waals surface area contributed by atoms with Crippen LogP contribution in [0.15, 0.2) is 29.2 Å². The average molecular weight is 227 g/mol. The number of phenols is 1. The lowest BCUT2D eigenvalue weighted by atomic mass is 10.3. The van der Waals surface area contributed by atoms with Crippen LogP contribution >= 0.6 is 0 Å². The van der Waals surface area contributed by atoms with Gasteiger partial charge >= 0.3 is 0 Å². The van der Waals surface area contributed by atoms with Crippen molar-refractivity contribution in [3.05, 3.63) is 24.3 Å². The molecule has 1 unspecified atom stereocenters. The van der Waals surface area contributed by atoms with Gasteiger partial charge in [0.25, 0.3) is 0 Å². The predicted molar refractivity (Wildman–Crippen MR) is 56.3 cm³/mol. The molecule has 5 heteroatoms. The van der Waals surface area contributed by atoms with Crippen molar-refractivity contribution in [2.24, 2.45) is 0 Å². The van der Waals surface area contributed by atoms with Crippen molar-refractivity contribution in [1.29, 1.82) is 0 Å². The summed E-state index contributed by atoms with van der Waals surface area (Å²) >= 11 is 0. The van der Waals surface area contributed by atoms with Crippen LogP contribution in [0.1, 0.15) is 12.8 Å². The van der Waals surface area contributed by atoms with Gasteiger partial charge in [-0.3, -0.25) is 0 Å². The second-order valence-electron chi connectivity index (χ2n) is 3.63. The van der Waals surface area contributed by atoms with Gasteiger partial charge in [0.05, 0.1) is 4.90 Å². The summed E-state index contributed by atoms with van der Waals surface area (Å²) in [7, 11) is -3.33. The van der Waals surface area contributed by atoms with E-state index in [1.165, 1.54) is 24.3 Å². The molecule has 0 aromatic heterocycles. The van der Waals surface area contributed by atoms with Crippen molar-refractivity contribution in [1.82, 2.24) is 5.32 Å². The number of rotatable bonds is 2. The quantitative estimate of drug-likeness (QED) is 0.787. The molecule has 1 aromatic rings. The number of hydrogen-bond acceptors (Lipinski definition) is 4. The van der Waals surface area contributed by atoms with E-state index in [1.54, 1.807) is 0 Å². The fourth-order valence-corrected chi connectivity index (χ4v) is 3.44. The number of nitrogens with one attached hydrogen (secondary N) is 1. The Hall–Kier alpha value is -1.07. The van der Waals surface area contributed by atoms with Crippen LogP contribution in [0, 0.1) is 0 Å². The standard InChI is InChI=1S/C10H13NO3S/c12-8-3-1-4-9(7-8)15(13,14)10-5-2-6-11-10/h1,3-4,7,10-12H,2,5-6H2. The van der Waals surface area contributed by atoms with E-state index in [0.29, 0.717) is 6.42 Å². The van der Waals surface area contributed by atoms with Crippen LogP contribution in [0.25, 0.3) is 0 Å². The minimum Gasteiger partial charge on any atom is -0.508 e. The third-order valence-electron chi connectivity index (χ3n) is 2.54. The third-order valence-corrected chi connectivity index (χ3v) is 4.60. The lowest BCUT2D eigenvalue weighted by Gasteiger charge is -2.11. The molecule has 1 aliphatic rings. The fourth-order valence-electron chi connectivity index (χ4n) is 1.74. The molecule has 0 amide bonds. The molecule has 1 aliphatic heterocycles. The van der Waals surface area contributed by atoms with Gasteiger partial charge in [0.1, 0.15) is 11.1 Å². The topological polar surface area (TPSA) is 66.4 Å². The first-order chi connectivity index (χ1) is 7.10. The summed E-state index contributed by atoms with van der Waals surface area (Å²) < 4.78 is 24.0. The van der Waals surface area contributed by atoms with Gasteiger partial charge in [-0.2, -0.15) is 0 Å². The highest BCUT2D eigenvalue weighted by Crippen LogP contribution is 2.23. The van der Waals surface area contributed by atoms with Gasteiger partial charge in [0, 0.05) is 0 Å². The summed E-state index contributed by atoms with van der Waals surface area (Å²) in [5.74, 6) is -0.0194. The Bertz CT molecular complexity index is 449. The van der Waals surface area contributed by atoms with Crippen LogP contribution in [0.2, 0.25) is 0 Å². The first kappa shape index (κ1) is 10.4. The average Bonchev–Trinajstić information content (AvgIpc) is 2.71. The second kappa shape index (κ2) is 3.83. The first-order valence-electron chi connectivity index (χ1n) is 4.87. The van der Waals surface area contributed by atoms with Crippen LogP contribution in [-0.2, 0) is 9.84 Å². The van der Waals surface area contributed by atoms with Gasteiger partial charge < -0.3 is 10.4 Å². The molecule has 15 heavy (non-hydrogen) atoms. The zero-order valence-corrected chi connectivity index (χ0v) is 9.00. The Morgan fingerprint density at radius 2 is 2.20 bits per heavy atom. The van der Waals surface area contributed by atoms with Gasteiger partial charge in [0.2, 0.25) is 0 Å². The van der Waals surface area contributed by atoms with E-state index in [4.69, 9.17) is 0 Å². The van der Waals surface area contributed by atoms with Gasteiger partial charge in [-0.05, 0) is 37.6 Å². The lowest BCUT2D eigenvalue weighted by molar-refractivity contribution is 0.473. The smallest absolute Gasteiger partial charge is 0.194 e. The van der Waals surface area contributed by atoms with Gasteiger partial charge in [0.15, 0.2) is 9.84 Å². The van der Waals surface area contributed by atoms with Crippen molar-refractivity contribution in [3.63, 3.8) is 0 Å². The van der Waals surface area contributed by atoms with E-state index in [0.717, 1.165) is 13.0 Å². The Labute approximate surface area is 88.9 Å². The Balaban J connectivity index is 2.36. The number of sulfone groups is 1. The second-order valence-corrected chi connectivity index (χ2v) is 5.76. The number of phenolic OH excluding ortho intramolecular Hbond substituents is 1. The molecule has 82 valence electrons. The molecule has 1 aromatic carbocycles. The van der Waals surface area contributed by atoms with Crippen molar-refractivity contribution >= 4 is 9.84 Å².